The van der Waals surface area contributed by atoms with Crippen LogP contribution in [-0.2, 0) is 9.59 Å². The number of amides is 2. The van der Waals surface area contributed by atoms with E-state index < -0.39 is 5.54 Å². The zero-order valence-electron chi connectivity index (χ0n) is 19.9. The van der Waals surface area contributed by atoms with Gasteiger partial charge in [-0.1, -0.05) is 33.8 Å². The average Bonchev–Trinajstić information content (AvgIpc) is 2.91. The highest BCUT2D eigenvalue weighted by Gasteiger charge is 2.75. The number of nitrogens with one attached hydrogen (secondary N) is 2. The lowest BCUT2D eigenvalue weighted by Crippen LogP contribution is -2.77. The lowest BCUT2D eigenvalue weighted by molar-refractivity contribution is -0.203. The molecule has 30 heavy (non-hydrogen) atoms. The number of hydrogen-bond donors (Lipinski definition) is 3. The topological polar surface area (TPSA) is 84.2 Å². The molecule has 0 aromatic rings. The summed E-state index contributed by atoms with van der Waals surface area (Å²) in [5, 5.41) is 6.47. The lowest BCUT2D eigenvalue weighted by Gasteiger charge is -2.73. The van der Waals surface area contributed by atoms with E-state index in [1.807, 2.05) is 20.8 Å². The van der Waals surface area contributed by atoms with Crippen molar-refractivity contribution < 1.29 is 9.59 Å². The molecule has 5 nitrogen and oxygen atoms in total. The van der Waals surface area contributed by atoms with Gasteiger partial charge in [0.2, 0.25) is 11.8 Å². The summed E-state index contributed by atoms with van der Waals surface area (Å²) in [5.74, 6) is 0.136. The standard InChI is InChI=1S/C25H41N3O2/c1-20(2,3)28-19(30)16-8-13-25(26)21(16,4)14-15-23(6)22(5)11-10-18(29)27-17(22)9-12-24(23,25)7/h10-11,16-17H,8-9,12-15,26H2,1-7H3,(H,27,29)(H,28,30)/t16-,17?,21-,22+,23-,24-,25+/m1/s1. The van der Waals surface area contributed by atoms with Gasteiger partial charge in [0.05, 0.1) is 0 Å². The molecular formula is C25H41N3O2. The van der Waals surface area contributed by atoms with Crippen LogP contribution in [0.4, 0.5) is 0 Å². The summed E-state index contributed by atoms with van der Waals surface area (Å²) in [6.07, 6.45) is 9.51. The summed E-state index contributed by atoms with van der Waals surface area (Å²) in [6, 6.07) is 0.155. The Morgan fingerprint density at radius 2 is 1.73 bits per heavy atom. The van der Waals surface area contributed by atoms with Gasteiger partial charge in [0.25, 0.3) is 0 Å². The van der Waals surface area contributed by atoms with Gasteiger partial charge >= 0.3 is 0 Å². The molecule has 1 unspecified atom stereocenters. The average molecular weight is 416 g/mol. The Balaban J connectivity index is 1.76. The van der Waals surface area contributed by atoms with Crippen molar-refractivity contribution in [2.24, 2.45) is 33.3 Å². The summed E-state index contributed by atoms with van der Waals surface area (Å²) in [7, 11) is 0. The van der Waals surface area contributed by atoms with Crippen LogP contribution < -0.4 is 16.4 Å². The molecule has 0 aromatic carbocycles. The fraction of sp³-hybridized carbons (Fsp3) is 0.840. The molecule has 0 spiro atoms. The molecule has 0 saturated heterocycles. The maximum absolute atomic E-state index is 13.3. The van der Waals surface area contributed by atoms with Gasteiger partial charge < -0.3 is 16.4 Å². The highest BCUT2D eigenvalue weighted by atomic mass is 16.2. The van der Waals surface area contributed by atoms with Gasteiger partial charge in [-0.3, -0.25) is 9.59 Å². The van der Waals surface area contributed by atoms with Crippen molar-refractivity contribution in [3.63, 3.8) is 0 Å². The smallest absolute Gasteiger partial charge is 0.243 e. The Bertz CT molecular complexity index is 816. The number of rotatable bonds is 1. The van der Waals surface area contributed by atoms with E-state index in [1.165, 1.54) is 0 Å². The molecule has 4 N–H and O–H groups in total. The predicted molar refractivity (Wildman–Crippen MR) is 120 cm³/mol. The minimum atomic E-state index is -0.407. The first-order valence-corrected chi connectivity index (χ1v) is 11.7. The number of carbonyl (C=O) groups is 2. The van der Waals surface area contributed by atoms with Crippen LogP contribution in [0, 0.1) is 27.6 Å². The molecule has 1 aliphatic heterocycles. The van der Waals surface area contributed by atoms with E-state index in [2.05, 4.69) is 44.4 Å². The number of carbonyl (C=O) groups excluding carboxylic acids is 2. The van der Waals surface area contributed by atoms with Gasteiger partial charge in [-0.15, -0.1) is 0 Å². The summed E-state index contributed by atoms with van der Waals surface area (Å²) in [4.78, 5) is 25.4. The Labute approximate surface area is 182 Å². The SMILES string of the molecule is CC(C)(C)NC(=O)[C@H]1CC[C@@]2(N)[C@]3(C)CCC4NC(=O)C=C[C@]4(C)[C@@]3(C)CC[C@]12C. The molecule has 2 amide bonds. The van der Waals surface area contributed by atoms with Crippen molar-refractivity contribution in [2.75, 3.05) is 0 Å². The first-order chi connectivity index (χ1) is 13.6. The van der Waals surface area contributed by atoms with E-state index in [4.69, 9.17) is 5.73 Å². The van der Waals surface area contributed by atoms with E-state index in [0.29, 0.717) is 0 Å². The fourth-order valence-electron chi connectivity index (χ4n) is 8.22. The molecule has 3 aliphatic carbocycles. The molecule has 5 heteroatoms. The van der Waals surface area contributed by atoms with E-state index in [1.54, 1.807) is 6.08 Å². The molecule has 3 fully saturated rings. The maximum atomic E-state index is 13.3. The first-order valence-electron chi connectivity index (χ1n) is 11.7. The molecule has 7 atom stereocenters. The Morgan fingerprint density at radius 3 is 2.37 bits per heavy atom. The fourth-order valence-corrected chi connectivity index (χ4v) is 8.22. The maximum Gasteiger partial charge on any atom is 0.243 e. The molecule has 0 bridgehead atoms. The molecule has 168 valence electrons. The predicted octanol–water partition coefficient (Wildman–Crippen LogP) is 3.68. The van der Waals surface area contributed by atoms with Crippen molar-refractivity contribution in [1.82, 2.24) is 10.6 Å². The van der Waals surface area contributed by atoms with Gasteiger partial charge in [-0.2, -0.15) is 0 Å². The zero-order valence-corrected chi connectivity index (χ0v) is 19.9. The molecular weight excluding hydrogens is 374 g/mol. The number of nitrogens with two attached hydrogens (primary N) is 1. The first kappa shape index (κ1) is 21.9. The van der Waals surface area contributed by atoms with Gasteiger partial charge in [0, 0.05) is 28.5 Å². The quantitative estimate of drug-likeness (QED) is 0.611. The zero-order chi connectivity index (χ0) is 22.4. The van der Waals surface area contributed by atoms with Crippen LogP contribution >= 0.6 is 0 Å². The third-order valence-electron chi connectivity index (χ3n) is 10.5. The van der Waals surface area contributed by atoms with Gasteiger partial charge in [-0.05, 0) is 81.6 Å². The highest BCUT2D eigenvalue weighted by molar-refractivity contribution is 5.89. The second-order valence-corrected chi connectivity index (χ2v) is 12.6. The van der Waals surface area contributed by atoms with Crippen LogP contribution in [-0.4, -0.2) is 28.9 Å². The Kier molecular flexibility index (Phi) is 4.45. The summed E-state index contributed by atoms with van der Waals surface area (Å²) >= 11 is 0. The van der Waals surface area contributed by atoms with E-state index in [9.17, 15) is 9.59 Å². The van der Waals surface area contributed by atoms with Crippen LogP contribution in [0.2, 0.25) is 0 Å². The number of fused-ring (bicyclic) bond motifs is 5. The summed E-state index contributed by atoms with van der Waals surface area (Å²) in [6.45, 7) is 15.5. The largest absolute Gasteiger partial charge is 0.351 e. The molecule has 0 radical (unpaired) electrons. The van der Waals surface area contributed by atoms with Crippen molar-refractivity contribution >= 4 is 11.8 Å². The van der Waals surface area contributed by atoms with E-state index in [0.717, 1.165) is 38.5 Å². The van der Waals surface area contributed by atoms with Crippen molar-refractivity contribution in [3.8, 4) is 0 Å². The molecule has 3 saturated carbocycles. The van der Waals surface area contributed by atoms with Crippen molar-refractivity contribution in [2.45, 2.75) is 104 Å². The van der Waals surface area contributed by atoms with Crippen LogP contribution in [0.25, 0.3) is 0 Å². The van der Waals surface area contributed by atoms with Crippen LogP contribution in [0.1, 0.15) is 87.0 Å². The van der Waals surface area contributed by atoms with E-state index in [-0.39, 0.29) is 51.0 Å². The molecule has 1 heterocycles. The van der Waals surface area contributed by atoms with Crippen LogP contribution in [0.15, 0.2) is 12.2 Å². The monoisotopic (exact) mass is 415 g/mol. The van der Waals surface area contributed by atoms with Crippen LogP contribution in [0.5, 0.6) is 0 Å². The Hall–Kier alpha value is -1.36. The number of hydrogen-bond acceptors (Lipinski definition) is 3. The summed E-state index contributed by atoms with van der Waals surface area (Å²) in [5.41, 5.74) is 6.33. The van der Waals surface area contributed by atoms with Gasteiger partial charge in [-0.25, -0.2) is 0 Å². The third-order valence-corrected chi connectivity index (χ3v) is 10.5. The van der Waals surface area contributed by atoms with E-state index >= 15 is 0 Å². The van der Waals surface area contributed by atoms with Crippen molar-refractivity contribution in [3.05, 3.63) is 12.2 Å². The Morgan fingerprint density at radius 1 is 1.07 bits per heavy atom. The minimum Gasteiger partial charge on any atom is -0.351 e. The lowest BCUT2D eigenvalue weighted by atomic mass is 9.33. The second-order valence-electron chi connectivity index (χ2n) is 12.6. The highest BCUT2D eigenvalue weighted by Crippen LogP contribution is 2.76. The molecule has 4 aliphatic rings. The van der Waals surface area contributed by atoms with Crippen molar-refractivity contribution in [1.29, 1.82) is 0 Å². The molecule has 0 aromatic heterocycles. The minimum absolute atomic E-state index is 0.0209. The normalized spacial score (nSPS) is 50.2. The van der Waals surface area contributed by atoms with Gasteiger partial charge in [0.1, 0.15) is 0 Å². The second kappa shape index (κ2) is 6.11. The summed E-state index contributed by atoms with van der Waals surface area (Å²) < 4.78 is 0. The van der Waals surface area contributed by atoms with Crippen LogP contribution in [0.3, 0.4) is 0 Å². The van der Waals surface area contributed by atoms with Gasteiger partial charge in [0.15, 0.2) is 0 Å². The molecule has 4 rings (SSSR count). The third kappa shape index (κ3) is 2.44.